The number of allylic oxidation sites excluding steroid dienone is 2. The normalized spacial score (nSPS) is 19.9. The van der Waals surface area contributed by atoms with Crippen LogP contribution in [0.15, 0.2) is 52.2 Å². The number of piperidine rings is 1. The molecule has 0 unspecified atom stereocenters. The molecule has 1 fully saturated rings. The van der Waals surface area contributed by atoms with Crippen LogP contribution in [-0.4, -0.2) is 51.4 Å². The van der Waals surface area contributed by atoms with Gasteiger partial charge in [-0.15, -0.1) is 10.2 Å². The maximum absolute atomic E-state index is 10.7. The van der Waals surface area contributed by atoms with Crippen LogP contribution in [0, 0.1) is 0 Å². The summed E-state index contributed by atoms with van der Waals surface area (Å²) in [4.78, 5) is 6.54. The number of hydrogen-bond donors (Lipinski definition) is 2. The average Bonchev–Trinajstić information content (AvgIpc) is 3.19. The minimum absolute atomic E-state index is 0.0579. The van der Waals surface area contributed by atoms with Gasteiger partial charge in [0.25, 0.3) is 0 Å². The molecule has 1 saturated heterocycles. The zero-order valence-corrected chi connectivity index (χ0v) is 23.2. The van der Waals surface area contributed by atoms with Crippen LogP contribution >= 0.6 is 0 Å². The predicted molar refractivity (Wildman–Crippen MR) is 152 cm³/mol. The Morgan fingerprint density at radius 3 is 2.29 bits per heavy atom. The number of nitrogens with zero attached hydrogens (tertiary/aromatic N) is 4. The summed E-state index contributed by atoms with van der Waals surface area (Å²) in [5.41, 5.74) is 4.41. The van der Waals surface area contributed by atoms with E-state index in [9.17, 15) is 5.11 Å². The molecule has 2 N–H and O–H groups in total. The van der Waals surface area contributed by atoms with Crippen molar-refractivity contribution in [3.8, 4) is 5.75 Å². The van der Waals surface area contributed by atoms with Gasteiger partial charge in [-0.25, -0.2) is 0 Å². The molecule has 0 saturated carbocycles. The highest BCUT2D eigenvalue weighted by atomic mass is 16.3. The second-order valence-electron chi connectivity index (χ2n) is 11.0. The van der Waals surface area contributed by atoms with Gasteiger partial charge in [-0.05, 0) is 83.7 Å². The van der Waals surface area contributed by atoms with Gasteiger partial charge < -0.3 is 15.3 Å². The van der Waals surface area contributed by atoms with Crippen molar-refractivity contribution in [2.45, 2.75) is 98.2 Å². The van der Waals surface area contributed by atoms with Gasteiger partial charge in [-0.2, -0.15) is 0 Å². The van der Waals surface area contributed by atoms with Gasteiger partial charge in [0.1, 0.15) is 11.6 Å². The van der Waals surface area contributed by atoms with Crippen LogP contribution < -0.4 is 5.32 Å². The maximum Gasteiger partial charge on any atom is 0.125 e. The molecule has 0 amide bonds. The average molecular weight is 480 g/mol. The van der Waals surface area contributed by atoms with E-state index >= 15 is 0 Å². The van der Waals surface area contributed by atoms with Crippen molar-refractivity contribution >= 4 is 22.8 Å². The van der Waals surface area contributed by atoms with Gasteiger partial charge >= 0.3 is 0 Å². The molecule has 35 heavy (non-hydrogen) atoms. The number of phenolic OH excluding ortho intramolecular Hbond substituents is 1. The van der Waals surface area contributed by atoms with Crippen LogP contribution in [0.4, 0.5) is 0 Å². The van der Waals surface area contributed by atoms with Crippen molar-refractivity contribution in [2.24, 2.45) is 15.2 Å². The zero-order chi connectivity index (χ0) is 26.4. The van der Waals surface area contributed by atoms with Crippen LogP contribution in [0.2, 0.25) is 0 Å². The number of hydrogen-bond acceptors (Lipinski definition) is 5. The SMILES string of the molecule is C=C/C(=N\N=C(/C)N(C)C1CC(C)(C)NC(C)(C)C1)c1ccc(C2=CN=C(C)C2)cc1O.CCC. The van der Waals surface area contributed by atoms with Crippen molar-refractivity contribution in [1.82, 2.24) is 10.2 Å². The van der Waals surface area contributed by atoms with E-state index in [1.807, 2.05) is 32.2 Å². The molecule has 2 heterocycles. The third-order valence-electron chi connectivity index (χ3n) is 6.25. The van der Waals surface area contributed by atoms with Crippen molar-refractivity contribution in [2.75, 3.05) is 7.05 Å². The van der Waals surface area contributed by atoms with Gasteiger partial charge in [-0.3, -0.25) is 4.99 Å². The Morgan fingerprint density at radius 2 is 1.80 bits per heavy atom. The van der Waals surface area contributed by atoms with Crippen LogP contribution in [0.1, 0.15) is 92.2 Å². The van der Waals surface area contributed by atoms with Gasteiger partial charge in [0, 0.05) is 48.1 Å². The second-order valence-corrected chi connectivity index (χ2v) is 11.0. The number of rotatable bonds is 5. The van der Waals surface area contributed by atoms with Crippen molar-refractivity contribution in [3.05, 3.63) is 48.2 Å². The summed E-state index contributed by atoms with van der Waals surface area (Å²) in [6.45, 7) is 21.1. The van der Waals surface area contributed by atoms with Gasteiger partial charge in [-0.1, -0.05) is 32.9 Å². The maximum atomic E-state index is 10.7. The fourth-order valence-electron chi connectivity index (χ4n) is 4.89. The van der Waals surface area contributed by atoms with Crippen molar-refractivity contribution < 1.29 is 5.11 Å². The Labute approximate surface area is 212 Å². The molecule has 3 rings (SSSR count). The molecule has 0 atom stereocenters. The summed E-state index contributed by atoms with van der Waals surface area (Å²) in [5.74, 6) is 0.998. The second kappa shape index (κ2) is 11.8. The first kappa shape index (κ1) is 28.5. The molecule has 0 aromatic heterocycles. The standard InChI is InChI=1S/C26H37N5O.C3H8/c1-9-23(22-11-10-19(13-24(22)32)20-12-17(2)27-16-20)29-28-18(3)31(8)21-14-25(4,5)30-26(6,7)15-21;1-3-2/h9-11,13,16,21,30,32H,1,12,14-15H2,2-8H3;3H2,1-2H3/b28-18+,29-23+;. The molecule has 2 aliphatic heterocycles. The Balaban J connectivity index is 0.00000137. The number of nitrogens with one attached hydrogen (secondary N) is 1. The molecular weight excluding hydrogens is 434 g/mol. The lowest BCUT2D eigenvalue weighted by atomic mass is 9.79. The lowest BCUT2D eigenvalue weighted by Gasteiger charge is -2.49. The van der Waals surface area contributed by atoms with E-state index in [2.05, 4.69) is 80.6 Å². The summed E-state index contributed by atoms with van der Waals surface area (Å²) in [6.07, 6.45) is 7.60. The fourth-order valence-corrected chi connectivity index (χ4v) is 4.89. The molecule has 6 heteroatoms. The first-order valence-corrected chi connectivity index (χ1v) is 12.7. The Hall–Kier alpha value is -2.73. The first-order valence-electron chi connectivity index (χ1n) is 12.7. The largest absolute Gasteiger partial charge is 0.507 e. The third kappa shape index (κ3) is 7.89. The number of amidine groups is 1. The molecule has 1 aromatic rings. The molecule has 0 aliphatic carbocycles. The van der Waals surface area contributed by atoms with Gasteiger partial charge in [0.15, 0.2) is 0 Å². The highest BCUT2D eigenvalue weighted by molar-refractivity contribution is 6.10. The molecule has 192 valence electrons. The lowest BCUT2D eigenvalue weighted by Crippen LogP contribution is -2.62. The molecule has 0 spiro atoms. The summed E-state index contributed by atoms with van der Waals surface area (Å²) < 4.78 is 0. The monoisotopic (exact) mass is 479 g/mol. The van der Waals surface area contributed by atoms with Crippen LogP contribution in [-0.2, 0) is 0 Å². The van der Waals surface area contributed by atoms with E-state index in [4.69, 9.17) is 0 Å². The summed E-state index contributed by atoms with van der Waals surface area (Å²) in [7, 11) is 2.08. The number of benzene rings is 1. The van der Waals surface area contributed by atoms with E-state index < -0.39 is 0 Å². The highest BCUT2D eigenvalue weighted by Gasteiger charge is 2.39. The van der Waals surface area contributed by atoms with Crippen LogP contribution in [0.25, 0.3) is 5.57 Å². The molecule has 1 aromatic carbocycles. The predicted octanol–water partition coefficient (Wildman–Crippen LogP) is 6.56. The van der Waals surface area contributed by atoms with E-state index in [0.29, 0.717) is 17.3 Å². The minimum atomic E-state index is 0.0579. The Bertz CT molecular complexity index is 1010. The fraction of sp³-hybridized carbons (Fsp3) is 0.552. The zero-order valence-electron chi connectivity index (χ0n) is 23.2. The lowest BCUT2D eigenvalue weighted by molar-refractivity contribution is 0.113. The number of aliphatic imine (C=N–C) groups is 1. The summed E-state index contributed by atoms with van der Waals surface area (Å²) in [5, 5.41) is 23.3. The Kier molecular flexibility index (Phi) is 9.61. The van der Waals surface area contributed by atoms with E-state index in [-0.39, 0.29) is 16.8 Å². The van der Waals surface area contributed by atoms with E-state index in [1.54, 1.807) is 12.1 Å². The molecule has 2 aliphatic rings. The highest BCUT2D eigenvalue weighted by Crippen LogP contribution is 2.31. The topological polar surface area (TPSA) is 72.6 Å². The number of aromatic hydroxyl groups is 1. The summed E-state index contributed by atoms with van der Waals surface area (Å²) >= 11 is 0. The third-order valence-corrected chi connectivity index (χ3v) is 6.25. The molecule has 0 bridgehead atoms. The van der Waals surface area contributed by atoms with E-state index in [0.717, 1.165) is 41.9 Å². The van der Waals surface area contributed by atoms with Crippen LogP contribution in [0.5, 0.6) is 5.75 Å². The quantitative estimate of drug-likeness (QED) is 0.285. The van der Waals surface area contributed by atoms with Gasteiger partial charge in [0.2, 0.25) is 0 Å². The smallest absolute Gasteiger partial charge is 0.125 e. The van der Waals surface area contributed by atoms with Crippen molar-refractivity contribution in [3.63, 3.8) is 0 Å². The summed E-state index contributed by atoms with van der Waals surface area (Å²) in [6, 6.07) is 5.98. The van der Waals surface area contributed by atoms with Crippen LogP contribution in [0.3, 0.4) is 0 Å². The van der Waals surface area contributed by atoms with E-state index in [1.165, 1.54) is 6.42 Å². The number of phenols is 1. The molecule has 6 nitrogen and oxygen atoms in total. The van der Waals surface area contributed by atoms with Gasteiger partial charge in [0.05, 0.1) is 5.71 Å². The Morgan fingerprint density at radius 1 is 1.20 bits per heavy atom. The molecule has 0 radical (unpaired) electrons. The molecular formula is C29H45N5O. The van der Waals surface area contributed by atoms with Crippen molar-refractivity contribution in [1.29, 1.82) is 0 Å². The first-order chi connectivity index (χ1) is 16.3. The minimum Gasteiger partial charge on any atom is -0.507 e.